The van der Waals surface area contributed by atoms with E-state index in [4.69, 9.17) is 21.3 Å². The Morgan fingerprint density at radius 2 is 1.92 bits per heavy atom. The molecule has 1 N–H and O–H groups in total. The quantitative estimate of drug-likeness (QED) is 0.468. The van der Waals surface area contributed by atoms with E-state index >= 15 is 0 Å². The monoisotopic (exact) mass is 383 g/mol. The summed E-state index contributed by atoms with van der Waals surface area (Å²) in [5.74, 6) is 0.832. The molecule has 0 aliphatic rings. The van der Waals surface area contributed by atoms with Crippen LogP contribution in [0.15, 0.2) is 47.8 Å². The summed E-state index contributed by atoms with van der Waals surface area (Å²) in [4.78, 5) is 4.79. The number of thiazole rings is 1. The fourth-order valence-electron chi connectivity index (χ4n) is 3.11. The number of ether oxygens (including phenoxy) is 1. The number of methoxy groups -OCH3 is 1. The summed E-state index contributed by atoms with van der Waals surface area (Å²) in [5, 5.41) is 8.13. The molecule has 4 nitrogen and oxygen atoms in total. The number of benzene rings is 2. The van der Waals surface area contributed by atoms with Crippen LogP contribution in [0.1, 0.15) is 5.69 Å². The SMILES string of the molecule is COc1ccc(Nc2nc(-c3c(C)n(C)c4ccc(Cl)cc34)cs2)cc1. The molecule has 0 amide bonds. The second-order valence-electron chi connectivity index (χ2n) is 6.07. The molecule has 0 unspecified atom stereocenters. The molecule has 6 heteroatoms. The summed E-state index contributed by atoms with van der Waals surface area (Å²) in [6.45, 7) is 2.11. The molecule has 2 heterocycles. The molecule has 0 saturated heterocycles. The molecule has 4 aromatic rings. The number of aryl methyl sites for hydroxylation is 1. The van der Waals surface area contributed by atoms with Crippen molar-refractivity contribution in [1.29, 1.82) is 0 Å². The first-order chi connectivity index (χ1) is 12.6. The molecule has 0 fully saturated rings. The standard InChI is InChI=1S/C20H18ClN3OS/c1-12-19(16-10-13(21)4-9-18(16)24(12)2)17-11-26-20(23-17)22-14-5-7-15(25-3)8-6-14/h4-11H,1-3H3,(H,22,23). The molecule has 26 heavy (non-hydrogen) atoms. The van der Waals surface area contributed by atoms with Gasteiger partial charge in [0.15, 0.2) is 5.13 Å². The first kappa shape index (κ1) is 16.9. The van der Waals surface area contributed by atoms with Gasteiger partial charge in [-0.1, -0.05) is 11.6 Å². The highest BCUT2D eigenvalue weighted by atomic mass is 35.5. The maximum absolute atomic E-state index is 6.23. The zero-order valence-electron chi connectivity index (χ0n) is 14.7. The van der Waals surface area contributed by atoms with Gasteiger partial charge in [-0.25, -0.2) is 4.98 Å². The maximum atomic E-state index is 6.23. The van der Waals surface area contributed by atoms with Crippen LogP contribution in [-0.4, -0.2) is 16.7 Å². The molecule has 0 saturated carbocycles. The van der Waals surface area contributed by atoms with Crippen molar-refractivity contribution in [1.82, 2.24) is 9.55 Å². The Bertz CT molecular complexity index is 1080. The number of hydrogen-bond acceptors (Lipinski definition) is 4. The largest absolute Gasteiger partial charge is 0.497 e. The second kappa shape index (κ2) is 6.67. The van der Waals surface area contributed by atoms with Crippen molar-refractivity contribution in [2.45, 2.75) is 6.92 Å². The molecule has 0 bridgehead atoms. The summed E-state index contributed by atoms with van der Waals surface area (Å²) >= 11 is 7.81. The highest BCUT2D eigenvalue weighted by Gasteiger charge is 2.16. The number of hydrogen-bond donors (Lipinski definition) is 1. The van der Waals surface area contributed by atoms with Gasteiger partial charge in [-0.15, -0.1) is 11.3 Å². The van der Waals surface area contributed by atoms with Crippen LogP contribution in [0.3, 0.4) is 0 Å². The van der Waals surface area contributed by atoms with E-state index in [9.17, 15) is 0 Å². The Labute approximate surface area is 161 Å². The van der Waals surface area contributed by atoms with Crippen LogP contribution in [0, 0.1) is 6.92 Å². The molecule has 0 atom stereocenters. The van der Waals surface area contributed by atoms with Gasteiger partial charge in [-0.05, 0) is 49.4 Å². The van der Waals surface area contributed by atoms with E-state index in [1.54, 1.807) is 18.4 Å². The van der Waals surface area contributed by atoms with E-state index in [2.05, 4.69) is 35.3 Å². The minimum atomic E-state index is 0.733. The van der Waals surface area contributed by atoms with Crippen molar-refractivity contribution in [2.24, 2.45) is 7.05 Å². The van der Waals surface area contributed by atoms with Gasteiger partial charge in [-0.3, -0.25) is 0 Å². The summed E-state index contributed by atoms with van der Waals surface area (Å²) in [6.07, 6.45) is 0. The Balaban J connectivity index is 1.71. The zero-order valence-corrected chi connectivity index (χ0v) is 16.3. The third-order valence-corrected chi connectivity index (χ3v) is 5.55. The Kier molecular flexibility index (Phi) is 4.34. The number of fused-ring (bicyclic) bond motifs is 1. The van der Waals surface area contributed by atoms with E-state index in [0.29, 0.717) is 0 Å². The number of nitrogens with zero attached hydrogens (tertiary/aromatic N) is 2. The van der Waals surface area contributed by atoms with Crippen molar-refractivity contribution in [2.75, 3.05) is 12.4 Å². The van der Waals surface area contributed by atoms with Crippen LogP contribution in [0.25, 0.3) is 22.2 Å². The molecule has 2 aromatic carbocycles. The number of aromatic nitrogens is 2. The molecule has 4 rings (SSSR count). The summed E-state index contributed by atoms with van der Waals surface area (Å²) in [5.41, 5.74) is 5.38. The van der Waals surface area contributed by atoms with E-state index in [1.165, 1.54) is 5.69 Å². The van der Waals surface area contributed by atoms with E-state index in [1.807, 2.05) is 36.4 Å². The fourth-order valence-corrected chi connectivity index (χ4v) is 4.01. The fraction of sp³-hybridized carbons (Fsp3) is 0.150. The van der Waals surface area contributed by atoms with Crippen LogP contribution < -0.4 is 10.1 Å². The highest BCUT2D eigenvalue weighted by Crippen LogP contribution is 2.37. The minimum absolute atomic E-state index is 0.733. The topological polar surface area (TPSA) is 39.1 Å². The third kappa shape index (κ3) is 2.93. The number of rotatable bonds is 4. The Morgan fingerprint density at radius 1 is 1.15 bits per heavy atom. The summed E-state index contributed by atoms with van der Waals surface area (Å²) < 4.78 is 7.37. The van der Waals surface area contributed by atoms with Gasteiger partial charge in [0.05, 0.1) is 12.8 Å². The lowest BCUT2D eigenvalue weighted by Gasteiger charge is -2.04. The lowest BCUT2D eigenvalue weighted by Crippen LogP contribution is -1.91. The summed E-state index contributed by atoms with van der Waals surface area (Å²) in [6, 6.07) is 13.8. The maximum Gasteiger partial charge on any atom is 0.187 e. The van der Waals surface area contributed by atoms with Gasteiger partial charge in [0.25, 0.3) is 0 Å². The van der Waals surface area contributed by atoms with Gasteiger partial charge in [0.2, 0.25) is 0 Å². The molecule has 0 aliphatic carbocycles. The first-order valence-corrected chi connectivity index (χ1v) is 9.44. The van der Waals surface area contributed by atoms with Crippen LogP contribution in [0.5, 0.6) is 5.75 Å². The minimum Gasteiger partial charge on any atom is -0.497 e. The van der Waals surface area contributed by atoms with Crippen molar-refractivity contribution in [3.05, 3.63) is 58.6 Å². The molecular weight excluding hydrogens is 366 g/mol. The molecule has 0 aliphatic heterocycles. The molecule has 0 spiro atoms. The Hall–Kier alpha value is -2.50. The van der Waals surface area contributed by atoms with Crippen molar-refractivity contribution in [3.8, 4) is 17.0 Å². The van der Waals surface area contributed by atoms with Crippen molar-refractivity contribution < 1.29 is 4.74 Å². The third-order valence-electron chi connectivity index (χ3n) is 4.56. The predicted octanol–water partition coefficient (Wildman–Crippen LogP) is 6.02. The van der Waals surface area contributed by atoms with Crippen LogP contribution in [0.4, 0.5) is 10.8 Å². The number of anilines is 2. The lowest BCUT2D eigenvalue weighted by atomic mass is 10.1. The van der Waals surface area contributed by atoms with Crippen LogP contribution in [-0.2, 0) is 7.05 Å². The smallest absolute Gasteiger partial charge is 0.187 e. The molecule has 0 radical (unpaired) electrons. The van der Waals surface area contributed by atoms with Crippen LogP contribution >= 0.6 is 22.9 Å². The first-order valence-electron chi connectivity index (χ1n) is 8.18. The van der Waals surface area contributed by atoms with Gasteiger partial charge < -0.3 is 14.6 Å². The number of nitrogens with one attached hydrogen (secondary N) is 1. The normalized spacial score (nSPS) is 11.1. The van der Waals surface area contributed by atoms with E-state index < -0.39 is 0 Å². The average molecular weight is 384 g/mol. The molecule has 132 valence electrons. The molecule has 2 aromatic heterocycles. The van der Waals surface area contributed by atoms with Crippen molar-refractivity contribution in [3.63, 3.8) is 0 Å². The highest BCUT2D eigenvalue weighted by molar-refractivity contribution is 7.14. The Morgan fingerprint density at radius 3 is 2.65 bits per heavy atom. The van der Waals surface area contributed by atoms with Gasteiger partial charge in [0.1, 0.15) is 5.75 Å². The van der Waals surface area contributed by atoms with Crippen molar-refractivity contribution >= 4 is 44.7 Å². The summed E-state index contributed by atoms with van der Waals surface area (Å²) in [7, 11) is 3.73. The van der Waals surface area contributed by atoms with Gasteiger partial charge >= 0.3 is 0 Å². The average Bonchev–Trinajstić information content (AvgIpc) is 3.18. The van der Waals surface area contributed by atoms with E-state index in [-0.39, 0.29) is 0 Å². The lowest BCUT2D eigenvalue weighted by molar-refractivity contribution is 0.415. The second-order valence-corrected chi connectivity index (χ2v) is 7.37. The zero-order chi connectivity index (χ0) is 18.3. The number of halogens is 1. The van der Waals surface area contributed by atoms with Crippen LogP contribution in [0.2, 0.25) is 5.02 Å². The predicted molar refractivity (Wildman–Crippen MR) is 110 cm³/mol. The van der Waals surface area contributed by atoms with Gasteiger partial charge in [0, 0.05) is 45.3 Å². The molecular formula is C20H18ClN3OS. The van der Waals surface area contributed by atoms with E-state index in [0.717, 1.165) is 43.8 Å². The van der Waals surface area contributed by atoms with Gasteiger partial charge in [-0.2, -0.15) is 0 Å².